The molecule has 0 aliphatic carbocycles. The lowest BCUT2D eigenvalue weighted by Crippen LogP contribution is -1.93. The molecule has 136 valence electrons. The molecule has 3 rings (SSSR count). The summed E-state index contributed by atoms with van der Waals surface area (Å²) < 4.78 is 0. The third-order valence-corrected chi connectivity index (χ3v) is 5.66. The van der Waals surface area contributed by atoms with Gasteiger partial charge in [0.25, 0.3) is 0 Å². The van der Waals surface area contributed by atoms with Crippen LogP contribution in [0.25, 0.3) is 0 Å². The Morgan fingerprint density at radius 1 is 0.852 bits per heavy atom. The molecule has 0 fully saturated rings. The largest absolute Gasteiger partial charge is 0.242 e. The molecular weight excluding hydrogens is 366 g/mol. The number of rotatable bonds is 7. The molecule has 3 aromatic rings. The first-order valence-corrected chi connectivity index (χ1v) is 10.9. The lowest BCUT2D eigenvalue weighted by molar-refractivity contribution is 1.16. The van der Waals surface area contributed by atoms with E-state index in [9.17, 15) is 0 Å². The normalized spacial score (nSPS) is 11.8. The molecule has 0 spiro atoms. The summed E-state index contributed by atoms with van der Waals surface area (Å²) >= 11 is 3.52. The van der Waals surface area contributed by atoms with Gasteiger partial charge >= 0.3 is 0 Å². The van der Waals surface area contributed by atoms with Crippen molar-refractivity contribution in [1.82, 2.24) is 0 Å². The zero-order valence-electron chi connectivity index (χ0n) is 15.4. The van der Waals surface area contributed by atoms with Crippen molar-refractivity contribution in [2.24, 2.45) is 4.99 Å². The Morgan fingerprint density at radius 2 is 1.52 bits per heavy atom. The smallest absolute Gasteiger partial charge is 0.0972 e. The summed E-state index contributed by atoms with van der Waals surface area (Å²) in [7, 11) is 0. The Labute approximate surface area is 170 Å². The number of hydrogen-bond donors (Lipinski definition) is 0. The van der Waals surface area contributed by atoms with Gasteiger partial charge in [0, 0.05) is 10.6 Å². The number of thioether (sulfide) groups is 2. The number of aliphatic imine (C=N–C) groups is 1. The maximum absolute atomic E-state index is 4.84. The quantitative estimate of drug-likeness (QED) is 0.239. The van der Waals surface area contributed by atoms with E-state index in [0.29, 0.717) is 0 Å². The third-order valence-electron chi connectivity index (χ3n) is 3.91. The first-order valence-electron chi connectivity index (χ1n) is 9.00. The van der Waals surface area contributed by atoms with Crippen molar-refractivity contribution in [2.75, 3.05) is 5.75 Å². The van der Waals surface area contributed by atoms with Crippen molar-refractivity contribution < 1.29 is 0 Å². The summed E-state index contributed by atoms with van der Waals surface area (Å²) in [6.07, 6.45) is 3.16. The van der Waals surface area contributed by atoms with Crippen molar-refractivity contribution in [1.29, 1.82) is 0 Å². The lowest BCUT2D eigenvalue weighted by Gasteiger charge is -2.04. The Bertz CT molecular complexity index is 869. The molecule has 3 aromatic carbocycles. The van der Waals surface area contributed by atoms with Gasteiger partial charge in [-0.15, -0.1) is 11.8 Å². The van der Waals surface area contributed by atoms with Gasteiger partial charge in [0.15, 0.2) is 0 Å². The summed E-state index contributed by atoms with van der Waals surface area (Å²) in [5.41, 5.74) is 3.61. The van der Waals surface area contributed by atoms with Crippen LogP contribution < -0.4 is 0 Å². The second-order valence-corrected chi connectivity index (χ2v) is 8.20. The van der Waals surface area contributed by atoms with Crippen molar-refractivity contribution in [3.63, 3.8) is 0 Å². The van der Waals surface area contributed by atoms with Gasteiger partial charge in [-0.1, -0.05) is 78.0 Å². The minimum absolute atomic E-state index is 0.997. The molecule has 3 heteroatoms. The van der Waals surface area contributed by atoms with Crippen LogP contribution in [-0.4, -0.2) is 10.8 Å². The zero-order valence-corrected chi connectivity index (χ0v) is 17.0. The molecule has 0 aliphatic rings. The lowest BCUT2D eigenvalue weighted by atomic mass is 10.2. The highest BCUT2D eigenvalue weighted by molar-refractivity contribution is 8.14. The van der Waals surface area contributed by atoms with Crippen molar-refractivity contribution in [3.05, 3.63) is 108 Å². The molecule has 0 unspecified atom stereocenters. The SMILES string of the molecule is Cc1ccc(N=C(C=CSc2ccccc2)SCCc2ccccc2)cc1. The average molecular weight is 390 g/mol. The molecule has 0 amide bonds. The highest BCUT2D eigenvalue weighted by Crippen LogP contribution is 2.22. The van der Waals surface area contributed by atoms with Crippen LogP contribution in [0.3, 0.4) is 0 Å². The van der Waals surface area contributed by atoms with Gasteiger partial charge in [0.05, 0.1) is 10.7 Å². The standard InChI is InChI=1S/C24H23NS2/c1-20-12-14-22(15-13-20)25-24(17-19-26-23-10-6-3-7-11-23)27-18-16-21-8-4-2-5-9-21/h2-15,17,19H,16,18H2,1H3. The summed E-state index contributed by atoms with van der Waals surface area (Å²) in [6, 6.07) is 29.4. The average Bonchev–Trinajstić information content (AvgIpc) is 2.71. The maximum Gasteiger partial charge on any atom is 0.0972 e. The van der Waals surface area contributed by atoms with Gasteiger partial charge in [0.1, 0.15) is 0 Å². The van der Waals surface area contributed by atoms with E-state index in [1.165, 1.54) is 16.0 Å². The predicted octanol–water partition coefficient (Wildman–Crippen LogP) is 7.31. The van der Waals surface area contributed by atoms with E-state index in [0.717, 1.165) is 22.9 Å². The van der Waals surface area contributed by atoms with Crippen LogP contribution in [0.15, 0.2) is 106 Å². The Balaban J connectivity index is 1.66. The van der Waals surface area contributed by atoms with Crippen LogP contribution in [-0.2, 0) is 6.42 Å². The molecule has 0 radical (unpaired) electrons. The fourth-order valence-corrected chi connectivity index (χ4v) is 4.09. The minimum atomic E-state index is 0.997. The Hall–Kier alpha value is -2.23. The monoisotopic (exact) mass is 389 g/mol. The van der Waals surface area contributed by atoms with Crippen LogP contribution in [0.5, 0.6) is 0 Å². The first kappa shape index (κ1) is 19.5. The molecule has 1 nitrogen and oxygen atoms in total. The highest BCUT2D eigenvalue weighted by Gasteiger charge is 2.00. The third kappa shape index (κ3) is 7.12. The number of aryl methyl sites for hydroxylation is 2. The van der Waals surface area contributed by atoms with Crippen LogP contribution in [0.2, 0.25) is 0 Å². The molecule has 0 atom stereocenters. The van der Waals surface area contributed by atoms with Crippen LogP contribution in [0.4, 0.5) is 5.69 Å². The van der Waals surface area contributed by atoms with Crippen molar-refractivity contribution in [3.8, 4) is 0 Å². The van der Waals surface area contributed by atoms with Crippen molar-refractivity contribution >= 4 is 34.3 Å². The number of nitrogens with zero attached hydrogens (tertiary/aromatic N) is 1. The topological polar surface area (TPSA) is 12.4 Å². The fourth-order valence-electron chi connectivity index (χ4n) is 2.45. The van der Waals surface area contributed by atoms with Crippen LogP contribution in [0.1, 0.15) is 11.1 Å². The molecular formula is C24H23NS2. The van der Waals surface area contributed by atoms with Gasteiger partial charge in [-0.25, -0.2) is 4.99 Å². The van der Waals surface area contributed by atoms with E-state index in [2.05, 4.69) is 97.3 Å². The number of hydrogen-bond acceptors (Lipinski definition) is 3. The minimum Gasteiger partial charge on any atom is -0.242 e. The molecule has 0 heterocycles. The van der Waals surface area contributed by atoms with Crippen LogP contribution in [0, 0.1) is 6.92 Å². The van der Waals surface area contributed by atoms with E-state index >= 15 is 0 Å². The highest BCUT2D eigenvalue weighted by atomic mass is 32.2. The summed E-state index contributed by atoms with van der Waals surface area (Å²) in [4.78, 5) is 6.08. The van der Waals surface area contributed by atoms with Gasteiger partial charge in [-0.3, -0.25) is 0 Å². The van der Waals surface area contributed by atoms with E-state index in [1.807, 2.05) is 6.07 Å². The Kier molecular flexibility index (Phi) is 7.82. The van der Waals surface area contributed by atoms with E-state index in [4.69, 9.17) is 4.99 Å². The van der Waals surface area contributed by atoms with Gasteiger partial charge in [-0.05, 0) is 54.7 Å². The van der Waals surface area contributed by atoms with Gasteiger partial charge < -0.3 is 0 Å². The van der Waals surface area contributed by atoms with E-state index in [-0.39, 0.29) is 0 Å². The summed E-state index contributed by atoms with van der Waals surface area (Å²) in [5.74, 6) is 1.01. The second-order valence-electron chi connectivity index (χ2n) is 6.10. The molecule has 27 heavy (non-hydrogen) atoms. The maximum atomic E-state index is 4.84. The van der Waals surface area contributed by atoms with E-state index < -0.39 is 0 Å². The predicted molar refractivity (Wildman–Crippen MR) is 122 cm³/mol. The zero-order chi connectivity index (χ0) is 18.7. The summed E-state index contributed by atoms with van der Waals surface area (Å²) in [6.45, 7) is 2.10. The second kappa shape index (κ2) is 10.8. The molecule has 0 N–H and O–H groups in total. The molecule has 0 saturated heterocycles. The molecule has 0 aliphatic heterocycles. The van der Waals surface area contributed by atoms with E-state index in [1.54, 1.807) is 23.5 Å². The fraction of sp³-hybridized carbons (Fsp3) is 0.125. The van der Waals surface area contributed by atoms with Crippen molar-refractivity contribution in [2.45, 2.75) is 18.2 Å². The number of benzene rings is 3. The first-order chi connectivity index (χ1) is 13.3. The van der Waals surface area contributed by atoms with Crippen LogP contribution >= 0.6 is 23.5 Å². The summed E-state index contributed by atoms with van der Waals surface area (Å²) in [5, 5.41) is 3.16. The van der Waals surface area contributed by atoms with Gasteiger partial charge in [-0.2, -0.15) is 0 Å². The molecule has 0 bridgehead atoms. The molecule has 0 aromatic heterocycles. The van der Waals surface area contributed by atoms with Gasteiger partial charge in [0.2, 0.25) is 0 Å². The Morgan fingerprint density at radius 3 is 2.22 bits per heavy atom. The molecule has 0 saturated carbocycles.